The zero-order valence-electron chi connectivity index (χ0n) is 9.65. The molecule has 2 aromatic carbocycles. The molecule has 0 aliphatic carbocycles. The van der Waals surface area contributed by atoms with Crippen LogP contribution in [0, 0.1) is 0 Å². The number of aromatic amines is 1. The minimum Gasteiger partial charge on any atom is -0.352 e. The van der Waals surface area contributed by atoms with Gasteiger partial charge in [-0.25, -0.2) is 4.98 Å². The Bertz CT molecular complexity index is 642. The number of imidazole rings is 1. The van der Waals surface area contributed by atoms with Gasteiger partial charge in [0.25, 0.3) is 0 Å². The Labute approximate surface area is 113 Å². The van der Waals surface area contributed by atoms with Gasteiger partial charge in [-0.05, 0) is 29.8 Å². The van der Waals surface area contributed by atoms with Crippen molar-refractivity contribution in [3.8, 4) is 0 Å². The molecule has 1 heterocycles. The lowest BCUT2D eigenvalue weighted by Gasteiger charge is -2.03. The molecule has 0 aliphatic heterocycles. The molecule has 2 N–H and O–H groups in total. The first-order valence-electron chi connectivity index (χ1n) is 5.74. The van der Waals surface area contributed by atoms with Crippen LogP contribution in [0.1, 0.15) is 5.56 Å². The van der Waals surface area contributed by atoms with Crippen molar-refractivity contribution in [3.63, 3.8) is 0 Å². The zero-order valence-corrected chi connectivity index (χ0v) is 11.2. The van der Waals surface area contributed by atoms with Crippen LogP contribution in [0.25, 0.3) is 11.0 Å². The third kappa shape index (κ3) is 2.38. The van der Waals surface area contributed by atoms with Crippen LogP contribution < -0.4 is 5.32 Å². The van der Waals surface area contributed by atoms with Crippen LogP contribution in [0.4, 0.5) is 5.95 Å². The molecule has 4 heteroatoms. The van der Waals surface area contributed by atoms with E-state index in [1.807, 2.05) is 36.4 Å². The van der Waals surface area contributed by atoms with Crippen LogP contribution in [-0.4, -0.2) is 9.97 Å². The quantitative estimate of drug-likeness (QED) is 0.769. The standard InChI is InChI=1S/C14H12BrN3/c15-11-5-3-4-10(8-11)9-16-14-17-12-6-1-2-7-13(12)18-14/h1-8H,9H2,(H2,16,17,18). The molecule has 1 aromatic heterocycles. The van der Waals surface area contributed by atoms with Gasteiger partial charge in [0.1, 0.15) is 0 Å². The van der Waals surface area contributed by atoms with Gasteiger partial charge in [-0.3, -0.25) is 0 Å². The van der Waals surface area contributed by atoms with Gasteiger partial charge in [0.15, 0.2) is 0 Å². The number of anilines is 1. The fourth-order valence-electron chi connectivity index (χ4n) is 1.87. The van der Waals surface area contributed by atoms with E-state index < -0.39 is 0 Å². The first-order valence-corrected chi connectivity index (χ1v) is 6.54. The summed E-state index contributed by atoms with van der Waals surface area (Å²) < 4.78 is 1.09. The summed E-state index contributed by atoms with van der Waals surface area (Å²) in [6.45, 7) is 0.749. The fourth-order valence-corrected chi connectivity index (χ4v) is 2.32. The number of nitrogens with one attached hydrogen (secondary N) is 2. The molecule has 3 rings (SSSR count). The molecule has 3 nitrogen and oxygen atoms in total. The topological polar surface area (TPSA) is 40.7 Å². The number of fused-ring (bicyclic) bond motifs is 1. The molecule has 0 bridgehead atoms. The Morgan fingerprint density at radius 3 is 2.83 bits per heavy atom. The Morgan fingerprint density at radius 2 is 2.00 bits per heavy atom. The van der Waals surface area contributed by atoms with Crippen molar-refractivity contribution in [1.82, 2.24) is 9.97 Å². The maximum absolute atomic E-state index is 4.47. The Kier molecular flexibility index (Phi) is 3.02. The number of nitrogens with zero attached hydrogens (tertiary/aromatic N) is 1. The summed E-state index contributed by atoms with van der Waals surface area (Å²) >= 11 is 3.47. The third-order valence-electron chi connectivity index (χ3n) is 2.74. The highest BCUT2D eigenvalue weighted by atomic mass is 79.9. The van der Waals surface area contributed by atoms with Crippen LogP contribution in [-0.2, 0) is 6.54 Å². The molecule has 0 amide bonds. The molecule has 0 saturated heterocycles. The van der Waals surface area contributed by atoms with Gasteiger partial charge >= 0.3 is 0 Å². The largest absolute Gasteiger partial charge is 0.352 e. The van der Waals surface area contributed by atoms with E-state index in [0.29, 0.717) is 0 Å². The number of para-hydroxylation sites is 2. The van der Waals surface area contributed by atoms with Crippen LogP contribution in [0.3, 0.4) is 0 Å². The second-order valence-corrected chi connectivity index (χ2v) is 5.00. The van der Waals surface area contributed by atoms with Crippen molar-refractivity contribution < 1.29 is 0 Å². The van der Waals surface area contributed by atoms with Gasteiger partial charge in [0, 0.05) is 11.0 Å². The molecule has 0 radical (unpaired) electrons. The summed E-state index contributed by atoms with van der Waals surface area (Å²) in [6.07, 6.45) is 0. The lowest BCUT2D eigenvalue weighted by Crippen LogP contribution is -2.00. The van der Waals surface area contributed by atoms with E-state index in [1.165, 1.54) is 5.56 Å². The number of benzene rings is 2. The highest BCUT2D eigenvalue weighted by Crippen LogP contribution is 2.15. The molecule has 0 atom stereocenters. The SMILES string of the molecule is Brc1cccc(CNc2nc3ccccc3[nH]2)c1. The minimum absolute atomic E-state index is 0.749. The molecule has 0 fully saturated rings. The average molecular weight is 302 g/mol. The Balaban J connectivity index is 1.76. The first kappa shape index (κ1) is 11.3. The van der Waals surface area contributed by atoms with Crippen LogP contribution in [0.2, 0.25) is 0 Å². The summed E-state index contributed by atoms with van der Waals surface area (Å²) in [5.74, 6) is 0.802. The molecule has 0 unspecified atom stereocenters. The van der Waals surface area contributed by atoms with E-state index in [0.717, 1.165) is 28.0 Å². The zero-order chi connectivity index (χ0) is 12.4. The van der Waals surface area contributed by atoms with Crippen molar-refractivity contribution in [2.75, 3.05) is 5.32 Å². The minimum atomic E-state index is 0.749. The van der Waals surface area contributed by atoms with Crippen molar-refractivity contribution in [2.24, 2.45) is 0 Å². The van der Waals surface area contributed by atoms with E-state index in [9.17, 15) is 0 Å². The summed E-state index contributed by atoms with van der Waals surface area (Å²) in [5, 5.41) is 3.29. The number of H-pyrrole nitrogens is 1. The number of hydrogen-bond acceptors (Lipinski definition) is 2. The van der Waals surface area contributed by atoms with Crippen LogP contribution >= 0.6 is 15.9 Å². The summed E-state index contributed by atoms with van der Waals surface area (Å²) in [5.41, 5.74) is 3.24. The summed E-state index contributed by atoms with van der Waals surface area (Å²) in [6, 6.07) is 16.2. The maximum atomic E-state index is 4.47. The average Bonchev–Trinajstić information content (AvgIpc) is 2.79. The molecule has 0 saturated carbocycles. The third-order valence-corrected chi connectivity index (χ3v) is 3.23. The molecule has 0 aliphatic rings. The number of rotatable bonds is 3. The predicted molar refractivity (Wildman–Crippen MR) is 77.6 cm³/mol. The fraction of sp³-hybridized carbons (Fsp3) is 0.0714. The lowest BCUT2D eigenvalue weighted by molar-refractivity contribution is 1.10. The lowest BCUT2D eigenvalue weighted by atomic mass is 10.2. The summed E-state index contributed by atoms with van der Waals surface area (Å²) in [7, 11) is 0. The molecule has 18 heavy (non-hydrogen) atoms. The van der Waals surface area contributed by atoms with Gasteiger partial charge < -0.3 is 10.3 Å². The highest BCUT2D eigenvalue weighted by molar-refractivity contribution is 9.10. The maximum Gasteiger partial charge on any atom is 0.201 e. The molecular formula is C14H12BrN3. The van der Waals surface area contributed by atoms with E-state index in [-0.39, 0.29) is 0 Å². The van der Waals surface area contributed by atoms with Gasteiger partial charge in [0.05, 0.1) is 11.0 Å². The van der Waals surface area contributed by atoms with E-state index in [2.05, 4.69) is 43.3 Å². The van der Waals surface area contributed by atoms with Crippen LogP contribution in [0.5, 0.6) is 0 Å². The number of halogens is 1. The van der Waals surface area contributed by atoms with Gasteiger partial charge in [0.2, 0.25) is 5.95 Å². The van der Waals surface area contributed by atoms with E-state index in [4.69, 9.17) is 0 Å². The highest BCUT2D eigenvalue weighted by Gasteiger charge is 2.01. The van der Waals surface area contributed by atoms with Crippen molar-refractivity contribution in [1.29, 1.82) is 0 Å². The van der Waals surface area contributed by atoms with Crippen molar-refractivity contribution in [2.45, 2.75) is 6.54 Å². The van der Waals surface area contributed by atoms with Gasteiger partial charge in [-0.2, -0.15) is 0 Å². The van der Waals surface area contributed by atoms with E-state index >= 15 is 0 Å². The second-order valence-electron chi connectivity index (χ2n) is 4.09. The second kappa shape index (κ2) is 4.82. The van der Waals surface area contributed by atoms with Crippen molar-refractivity contribution >= 4 is 32.9 Å². The summed E-state index contributed by atoms with van der Waals surface area (Å²) in [4.78, 5) is 7.72. The smallest absolute Gasteiger partial charge is 0.201 e. The van der Waals surface area contributed by atoms with Crippen LogP contribution in [0.15, 0.2) is 53.0 Å². The molecule has 3 aromatic rings. The Hall–Kier alpha value is -1.81. The number of aromatic nitrogens is 2. The predicted octanol–water partition coefficient (Wildman–Crippen LogP) is 3.94. The molecule has 90 valence electrons. The Morgan fingerprint density at radius 1 is 1.11 bits per heavy atom. The monoisotopic (exact) mass is 301 g/mol. The normalized spacial score (nSPS) is 10.7. The van der Waals surface area contributed by atoms with Crippen molar-refractivity contribution in [3.05, 3.63) is 58.6 Å². The molecular weight excluding hydrogens is 290 g/mol. The van der Waals surface area contributed by atoms with Gasteiger partial charge in [-0.1, -0.05) is 40.2 Å². The van der Waals surface area contributed by atoms with E-state index in [1.54, 1.807) is 0 Å². The number of hydrogen-bond donors (Lipinski definition) is 2. The first-order chi connectivity index (χ1) is 8.81. The van der Waals surface area contributed by atoms with Gasteiger partial charge in [-0.15, -0.1) is 0 Å². The molecule has 0 spiro atoms.